The van der Waals surface area contributed by atoms with Crippen molar-refractivity contribution < 1.29 is 15.3 Å². The summed E-state index contributed by atoms with van der Waals surface area (Å²) < 4.78 is 3.50. The fourth-order valence-electron chi connectivity index (χ4n) is 5.31. The first-order valence-corrected chi connectivity index (χ1v) is 11.2. The second kappa shape index (κ2) is 7.85. The lowest BCUT2D eigenvalue weighted by Crippen LogP contribution is -2.47. The molecule has 2 aliphatic rings. The zero-order valence-corrected chi connectivity index (χ0v) is 20.7. The lowest BCUT2D eigenvalue weighted by molar-refractivity contribution is -0.216. The summed E-state index contributed by atoms with van der Waals surface area (Å²) in [5, 5.41) is 24.1. The van der Waals surface area contributed by atoms with E-state index in [9.17, 15) is 10.4 Å². The van der Waals surface area contributed by atoms with Crippen LogP contribution in [0, 0.1) is 5.92 Å². The molecule has 2 unspecified atom stereocenters. The van der Waals surface area contributed by atoms with Crippen LogP contribution in [0.5, 0.6) is 0 Å². The van der Waals surface area contributed by atoms with Crippen LogP contribution in [0.1, 0.15) is 84.6 Å². The molecule has 1 saturated heterocycles. The molecule has 0 aliphatic carbocycles. The molecule has 0 bridgehead atoms. The summed E-state index contributed by atoms with van der Waals surface area (Å²) in [5.74, 6) is 0.108. The SMILES string of the molecule is CC1(C)CC(C=NCC(ON=S)c2ccc3c(c2)C(C)(C)N(O)C3(C)C)C(C)(C)N1O. The molecule has 31 heavy (non-hydrogen) atoms. The first-order chi connectivity index (χ1) is 14.2. The zero-order valence-electron chi connectivity index (χ0n) is 19.9. The molecule has 0 amide bonds. The van der Waals surface area contributed by atoms with Crippen LogP contribution in [0.2, 0.25) is 0 Å². The fraction of sp³-hybridized carbons (Fsp3) is 0.696. The third-order valence-corrected chi connectivity index (χ3v) is 7.35. The van der Waals surface area contributed by atoms with E-state index in [1.165, 1.54) is 10.1 Å². The molecule has 0 radical (unpaired) electrons. The monoisotopic (exact) mass is 448 g/mol. The minimum absolute atomic E-state index is 0.108. The Balaban J connectivity index is 1.84. The first kappa shape index (κ1) is 24.2. The molecule has 7 nitrogen and oxygen atoms in total. The lowest BCUT2D eigenvalue weighted by atomic mass is 9.88. The Morgan fingerprint density at radius 1 is 1.06 bits per heavy atom. The second-order valence-electron chi connectivity index (χ2n) is 11.0. The third-order valence-electron chi connectivity index (χ3n) is 7.27. The van der Waals surface area contributed by atoms with Gasteiger partial charge in [-0.05, 0) is 89.1 Å². The van der Waals surface area contributed by atoms with E-state index in [-0.39, 0.29) is 11.5 Å². The van der Waals surface area contributed by atoms with E-state index < -0.39 is 22.7 Å². The number of hydroxylamine groups is 4. The van der Waals surface area contributed by atoms with E-state index in [0.717, 1.165) is 23.1 Å². The highest BCUT2D eigenvalue weighted by Gasteiger charge is 2.51. The van der Waals surface area contributed by atoms with Crippen molar-refractivity contribution >= 4 is 18.6 Å². The molecule has 172 valence electrons. The third kappa shape index (κ3) is 3.93. The molecular formula is C23H36N4O3S. The van der Waals surface area contributed by atoms with Crippen molar-refractivity contribution in [2.45, 2.75) is 90.1 Å². The van der Waals surface area contributed by atoms with Gasteiger partial charge in [-0.3, -0.25) is 4.99 Å². The van der Waals surface area contributed by atoms with Crippen LogP contribution in [-0.2, 0) is 28.3 Å². The molecule has 0 spiro atoms. The van der Waals surface area contributed by atoms with Crippen LogP contribution >= 0.6 is 0 Å². The largest absolute Gasteiger partial charge is 0.376 e. The van der Waals surface area contributed by atoms with E-state index in [1.807, 2.05) is 73.7 Å². The van der Waals surface area contributed by atoms with Crippen LogP contribution in [0.3, 0.4) is 0 Å². The Hall–Kier alpha value is -1.45. The molecule has 1 fully saturated rings. The number of benzene rings is 1. The van der Waals surface area contributed by atoms with Gasteiger partial charge in [-0.2, -0.15) is 10.1 Å². The van der Waals surface area contributed by atoms with Gasteiger partial charge in [0.15, 0.2) is 6.10 Å². The van der Waals surface area contributed by atoms with Crippen molar-refractivity contribution in [3.05, 3.63) is 34.9 Å². The number of fused-ring (bicyclic) bond motifs is 1. The minimum Gasteiger partial charge on any atom is -0.376 e. The van der Waals surface area contributed by atoms with Gasteiger partial charge < -0.3 is 15.3 Å². The Morgan fingerprint density at radius 2 is 1.68 bits per heavy atom. The molecule has 1 aromatic carbocycles. The van der Waals surface area contributed by atoms with Gasteiger partial charge in [-0.25, -0.2) is 0 Å². The number of nitrogens with zero attached hydrogens (tertiary/aromatic N) is 4. The second-order valence-corrected chi connectivity index (χ2v) is 11.2. The molecule has 0 saturated carbocycles. The highest BCUT2D eigenvalue weighted by molar-refractivity contribution is 7.47. The molecule has 3 rings (SSSR count). The minimum atomic E-state index is -0.530. The zero-order chi connectivity index (χ0) is 23.4. The summed E-state index contributed by atoms with van der Waals surface area (Å²) in [7, 11) is 0. The predicted molar refractivity (Wildman–Crippen MR) is 123 cm³/mol. The van der Waals surface area contributed by atoms with Gasteiger partial charge in [0.2, 0.25) is 0 Å². The molecule has 2 N–H and O–H groups in total. The molecule has 2 atom stereocenters. The maximum absolute atomic E-state index is 10.7. The van der Waals surface area contributed by atoms with Gasteiger partial charge in [0, 0.05) is 23.2 Å². The van der Waals surface area contributed by atoms with Crippen molar-refractivity contribution in [2.24, 2.45) is 15.4 Å². The Morgan fingerprint density at radius 3 is 2.23 bits per heavy atom. The van der Waals surface area contributed by atoms with Crippen molar-refractivity contribution in [2.75, 3.05) is 6.54 Å². The van der Waals surface area contributed by atoms with Crippen molar-refractivity contribution in [3.63, 3.8) is 0 Å². The van der Waals surface area contributed by atoms with E-state index in [0.29, 0.717) is 6.54 Å². The molecule has 0 aromatic heterocycles. The molecule has 8 heteroatoms. The summed E-state index contributed by atoms with van der Waals surface area (Å²) in [6.07, 6.45) is 2.31. The number of hydrogen-bond donors (Lipinski definition) is 2. The lowest BCUT2D eigenvalue weighted by Gasteiger charge is -2.35. The average molecular weight is 449 g/mol. The van der Waals surface area contributed by atoms with Gasteiger partial charge in [0.05, 0.1) is 30.0 Å². The van der Waals surface area contributed by atoms with Crippen molar-refractivity contribution in [1.29, 1.82) is 0 Å². The van der Waals surface area contributed by atoms with Gasteiger partial charge in [0.25, 0.3) is 0 Å². The maximum Gasteiger partial charge on any atom is 0.173 e. The maximum atomic E-state index is 10.7. The van der Waals surface area contributed by atoms with Gasteiger partial charge >= 0.3 is 0 Å². The first-order valence-electron chi connectivity index (χ1n) is 10.8. The topological polar surface area (TPSA) is 80.9 Å². The van der Waals surface area contributed by atoms with Crippen LogP contribution < -0.4 is 0 Å². The van der Waals surface area contributed by atoms with E-state index in [1.54, 1.807) is 0 Å². The molecule has 2 heterocycles. The smallest absolute Gasteiger partial charge is 0.173 e. The van der Waals surface area contributed by atoms with Crippen molar-refractivity contribution in [3.8, 4) is 0 Å². The molecule has 1 aromatic rings. The van der Waals surface area contributed by atoms with E-state index >= 15 is 0 Å². The van der Waals surface area contributed by atoms with Gasteiger partial charge in [0.1, 0.15) is 0 Å². The molecular weight excluding hydrogens is 412 g/mol. The van der Waals surface area contributed by atoms with E-state index in [4.69, 9.17) is 17.3 Å². The highest BCUT2D eigenvalue weighted by atomic mass is 32.1. The van der Waals surface area contributed by atoms with Gasteiger partial charge in [-0.15, -0.1) is 0 Å². The Bertz CT molecular complexity index is 882. The van der Waals surface area contributed by atoms with Crippen LogP contribution in [0.4, 0.5) is 0 Å². The average Bonchev–Trinajstić information content (AvgIpc) is 2.93. The van der Waals surface area contributed by atoms with Crippen LogP contribution in [0.25, 0.3) is 0 Å². The molecule has 2 aliphatic heterocycles. The van der Waals surface area contributed by atoms with Crippen molar-refractivity contribution in [1.82, 2.24) is 10.1 Å². The normalized spacial score (nSPS) is 27.4. The van der Waals surface area contributed by atoms with Crippen LogP contribution in [0.15, 0.2) is 27.7 Å². The summed E-state index contributed by atoms with van der Waals surface area (Å²) in [6.45, 7) is 16.5. The Kier molecular flexibility index (Phi) is 6.13. The number of rotatable bonds is 6. The van der Waals surface area contributed by atoms with Crippen LogP contribution in [-0.4, -0.2) is 44.4 Å². The summed E-state index contributed by atoms with van der Waals surface area (Å²) in [6, 6.07) is 6.10. The fourth-order valence-corrected chi connectivity index (χ4v) is 5.41. The predicted octanol–water partition coefficient (Wildman–Crippen LogP) is 4.90. The highest BCUT2D eigenvalue weighted by Crippen LogP contribution is 2.48. The summed E-state index contributed by atoms with van der Waals surface area (Å²) in [5.41, 5.74) is 1.33. The Labute approximate surface area is 191 Å². The number of hydrogen-bond acceptors (Lipinski definition) is 8. The standard InChI is InChI=1S/C23H36N4O3S/c1-20(2)12-16(21(3,4)26(20)28)13-24-14-19(30-25-31)15-9-10-17-18(11-15)23(7,8)27(29)22(17,5)6/h9-11,13,16,19,28-29H,12,14H2,1-8H3. The van der Waals surface area contributed by atoms with E-state index in [2.05, 4.69) is 15.6 Å². The summed E-state index contributed by atoms with van der Waals surface area (Å²) in [4.78, 5) is 10.2. The number of aliphatic imine (C=N–C) groups is 1. The summed E-state index contributed by atoms with van der Waals surface area (Å²) >= 11 is 4.73. The van der Waals surface area contributed by atoms with Gasteiger partial charge in [-0.1, -0.05) is 12.1 Å². The quantitative estimate of drug-likeness (QED) is 0.476.